The lowest BCUT2D eigenvalue weighted by Gasteiger charge is -2.35. The summed E-state index contributed by atoms with van der Waals surface area (Å²) in [6.07, 6.45) is 10.2. The topological polar surface area (TPSA) is 17.1 Å². The minimum atomic E-state index is -0.356. The fourth-order valence-electron chi connectivity index (χ4n) is 2.76. The van der Waals surface area contributed by atoms with Crippen molar-refractivity contribution in [2.75, 3.05) is 0 Å². The Morgan fingerprint density at radius 1 is 1.22 bits per heavy atom. The first kappa shape index (κ1) is 12.8. The fraction of sp³-hybridized carbons (Fsp3) is 0.353. The first-order valence-electron chi connectivity index (χ1n) is 6.66. The van der Waals surface area contributed by atoms with Gasteiger partial charge in [0.05, 0.1) is 5.41 Å². The summed E-state index contributed by atoms with van der Waals surface area (Å²) in [6.45, 7) is 4.27. The van der Waals surface area contributed by atoms with Crippen LogP contribution in [0.2, 0.25) is 0 Å². The monoisotopic (exact) mass is 240 g/mol. The van der Waals surface area contributed by atoms with Crippen LogP contribution < -0.4 is 0 Å². The summed E-state index contributed by atoms with van der Waals surface area (Å²) in [6, 6.07) is 9.64. The van der Waals surface area contributed by atoms with E-state index in [0.717, 1.165) is 18.4 Å². The standard InChI is InChI=1S/C17H20O/c1-3-12-17(13-8-7-9-14(17)2)16(18)15-10-5-4-6-11-15/h4-11,13-14H,3,12H2,1-2H3. The second-order valence-corrected chi connectivity index (χ2v) is 5.02. The van der Waals surface area contributed by atoms with E-state index in [2.05, 4.69) is 26.0 Å². The normalized spacial score (nSPS) is 26.2. The van der Waals surface area contributed by atoms with Crippen molar-refractivity contribution in [2.45, 2.75) is 26.7 Å². The molecule has 0 amide bonds. The molecule has 1 aliphatic carbocycles. The Morgan fingerprint density at radius 3 is 2.56 bits per heavy atom. The maximum absolute atomic E-state index is 12.8. The van der Waals surface area contributed by atoms with Crippen molar-refractivity contribution in [3.63, 3.8) is 0 Å². The molecule has 0 aromatic heterocycles. The van der Waals surface area contributed by atoms with E-state index in [-0.39, 0.29) is 17.1 Å². The molecule has 94 valence electrons. The lowest BCUT2D eigenvalue weighted by Crippen LogP contribution is -2.36. The van der Waals surface area contributed by atoms with Gasteiger partial charge >= 0.3 is 0 Å². The van der Waals surface area contributed by atoms with Gasteiger partial charge in [0.1, 0.15) is 0 Å². The SMILES string of the molecule is CCCC1(C(=O)c2ccccc2)C=CC=CC1C. The van der Waals surface area contributed by atoms with Crippen LogP contribution in [-0.2, 0) is 0 Å². The summed E-state index contributed by atoms with van der Waals surface area (Å²) in [5.74, 6) is 0.508. The van der Waals surface area contributed by atoms with Gasteiger partial charge in [-0.3, -0.25) is 4.79 Å². The van der Waals surface area contributed by atoms with Crippen LogP contribution in [0, 0.1) is 11.3 Å². The molecule has 1 aromatic carbocycles. The molecule has 1 nitrogen and oxygen atoms in total. The van der Waals surface area contributed by atoms with Crippen molar-refractivity contribution < 1.29 is 4.79 Å². The highest BCUT2D eigenvalue weighted by Gasteiger charge is 2.40. The summed E-state index contributed by atoms with van der Waals surface area (Å²) in [4.78, 5) is 12.8. The van der Waals surface area contributed by atoms with Crippen LogP contribution in [0.5, 0.6) is 0 Å². The molecule has 0 saturated carbocycles. The number of hydrogen-bond donors (Lipinski definition) is 0. The summed E-state index contributed by atoms with van der Waals surface area (Å²) in [5.41, 5.74) is 0.461. The molecule has 0 bridgehead atoms. The first-order chi connectivity index (χ1) is 8.70. The Morgan fingerprint density at radius 2 is 1.94 bits per heavy atom. The maximum atomic E-state index is 12.8. The third-order valence-corrected chi connectivity index (χ3v) is 3.84. The molecule has 0 radical (unpaired) electrons. The van der Waals surface area contributed by atoms with Gasteiger partial charge in [0.15, 0.2) is 5.78 Å². The second-order valence-electron chi connectivity index (χ2n) is 5.02. The highest BCUT2D eigenvalue weighted by Crippen LogP contribution is 2.40. The van der Waals surface area contributed by atoms with Gasteiger partial charge in [0.25, 0.3) is 0 Å². The van der Waals surface area contributed by atoms with Gasteiger partial charge in [0.2, 0.25) is 0 Å². The summed E-state index contributed by atoms with van der Waals surface area (Å²) < 4.78 is 0. The zero-order valence-corrected chi connectivity index (χ0v) is 11.1. The van der Waals surface area contributed by atoms with Gasteiger partial charge in [-0.05, 0) is 12.3 Å². The smallest absolute Gasteiger partial charge is 0.173 e. The Kier molecular flexibility index (Phi) is 3.81. The molecular formula is C17H20O. The van der Waals surface area contributed by atoms with Crippen molar-refractivity contribution in [2.24, 2.45) is 11.3 Å². The molecule has 2 rings (SSSR count). The average molecular weight is 240 g/mol. The van der Waals surface area contributed by atoms with Crippen molar-refractivity contribution in [3.05, 3.63) is 60.2 Å². The molecule has 0 fully saturated rings. The molecule has 0 heterocycles. The molecule has 2 unspecified atom stereocenters. The quantitative estimate of drug-likeness (QED) is 0.712. The van der Waals surface area contributed by atoms with Gasteiger partial charge < -0.3 is 0 Å². The number of carbonyl (C=O) groups excluding carboxylic acids is 1. The predicted octanol–water partition coefficient (Wildman–Crippen LogP) is 4.42. The average Bonchev–Trinajstić information content (AvgIpc) is 2.42. The van der Waals surface area contributed by atoms with E-state index in [0.29, 0.717) is 0 Å². The van der Waals surface area contributed by atoms with E-state index >= 15 is 0 Å². The molecular weight excluding hydrogens is 220 g/mol. The number of Topliss-reactive ketones (excluding diaryl/α,β-unsaturated/α-hetero) is 1. The largest absolute Gasteiger partial charge is 0.293 e. The van der Waals surface area contributed by atoms with Crippen LogP contribution in [0.1, 0.15) is 37.0 Å². The number of benzene rings is 1. The van der Waals surface area contributed by atoms with Crippen LogP contribution in [0.4, 0.5) is 0 Å². The molecule has 2 atom stereocenters. The Hall–Kier alpha value is -1.63. The van der Waals surface area contributed by atoms with Crippen LogP contribution >= 0.6 is 0 Å². The van der Waals surface area contributed by atoms with E-state index < -0.39 is 0 Å². The molecule has 18 heavy (non-hydrogen) atoms. The van der Waals surface area contributed by atoms with Crippen LogP contribution in [0.25, 0.3) is 0 Å². The van der Waals surface area contributed by atoms with Gasteiger partial charge in [-0.1, -0.05) is 74.9 Å². The summed E-state index contributed by atoms with van der Waals surface area (Å²) >= 11 is 0. The van der Waals surface area contributed by atoms with E-state index in [1.807, 2.05) is 42.5 Å². The molecule has 1 aliphatic rings. The number of hydrogen-bond acceptors (Lipinski definition) is 1. The fourth-order valence-corrected chi connectivity index (χ4v) is 2.76. The third-order valence-electron chi connectivity index (χ3n) is 3.84. The Labute approximate surface area is 109 Å². The molecule has 0 aliphatic heterocycles. The van der Waals surface area contributed by atoms with Crippen LogP contribution in [0.15, 0.2) is 54.6 Å². The molecule has 0 saturated heterocycles. The highest BCUT2D eigenvalue weighted by molar-refractivity contribution is 6.02. The van der Waals surface area contributed by atoms with Crippen molar-refractivity contribution >= 4 is 5.78 Å². The van der Waals surface area contributed by atoms with Crippen LogP contribution in [0.3, 0.4) is 0 Å². The second kappa shape index (κ2) is 5.34. The van der Waals surface area contributed by atoms with Crippen LogP contribution in [-0.4, -0.2) is 5.78 Å². The maximum Gasteiger partial charge on any atom is 0.173 e. The summed E-state index contributed by atoms with van der Waals surface area (Å²) in [5, 5.41) is 0. The van der Waals surface area contributed by atoms with E-state index in [9.17, 15) is 4.79 Å². The van der Waals surface area contributed by atoms with Gasteiger partial charge in [0, 0.05) is 5.56 Å². The molecule has 0 N–H and O–H groups in total. The number of carbonyl (C=O) groups is 1. The van der Waals surface area contributed by atoms with Crippen molar-refractivity contribution in [3.8, 4) is 0 Å². The minimum Gasteiger partial charge on any atom is -0.293 e. The lowest BCUT2D eigenvalue weighted by atomic mass is 9.66. The van der Waals surface area contributed by atoms with E-state index in [1.54, 1.807) is 0 Å². The predicted molar refractivity (Wildman–Crippen MR) is 75.6 cm³/mol. The van der Waals surface area contributed by atoms with Crippen molar-refractivity contribution in [1.29, 1.82) is 0 Å². The Bertz CT molecular complexity index is 470. The van der Waals surface area contributed by atoms with Crippen molar-refractivity contribution in [1.82, 2.24) is 0 Å². The molecule has 1 aromatic rings. The molecule has 1 heteroatoms. The van der Waals surface area contributed by atoms with Gasteiger partial charge in [-0.15, -0.1) is 0 Å². The number of ketones is 1. The van der Waals surface area contributed by atoms with E-state index in [1.165, 1.54) is 0 Å². The minimum absolute atomic E-state index is 0.248. The number of rotatable bonds is 4. The highest BCUT2D eigenvalue weighted by atomic mass is 16.1. The summed E-state index contributed by atoms with van der Waals surface area (Å²) in [7, 11) is 0. The number of allylic oxidation sites excluding steroid dienone is 4. The zero-order valence-electron chi connectivity index (χ0n) is 11.1. The Balaban J connectivity index is 2.40. The third kappa shape index (κ3) is 2.17. The van der Waals surface area contributed by atoms with Gasteiger partial charge in [-0.25, -0.2) is 0 Å². The van der Waals surface area contributed by atoms with E-state index in [4.69, 9.17) is 0 Å². The zero-order chi connectivity index (χ0) is 13.0. The molecule has 0 spiro atoms. The first-order valence-corrected chi connectivity index (χ1v) is 6.66. The lowest BCUT2D eigenvalue weighted by molar-refractivity contribution is 0.0789. The van der Waals surface area contributed by atoms with Gasteiger partial charge in [-0.2, -0.15) is 0 Å².